The molecule has 1 aliphatic carbocycles. The van der Waals surface area contributed by atoms with Crippen LogP contribution in [0.2, 0.25) is 5.15 Å². The molecule has 2 unspecified atom stereocenters. The van der Waals surface area contributed by atoms with Crippen LogP contribution in [0.15, 0.2) is 18.3 Å². The largest absolute Gasteiger partial charge is 0.382 e. The third-order valence-electron chi connectivity index (χ3n) is 2.70. The van der Waals surface area contributed by atoms with Crippen molar-refractivity contribution in [2.75, 3.05) is 5.32 Å². The molecule has 1 N–H and O–H groups in total. The zero-order chi connectivity index (χ0) is 9.26. The lowest BCUT2D eigenvalue weighted by molar-refractivity contribution is 0.303. The molecule has 2 atom stereocenters. The maximum absolute atomic E-state index is 5.77. The van der Waals surface area contributed by atoms with Crippen LogP contribution >= 0.6 is 11.6 Å². The lowest BCUT2D eigenvalue weighted by Crippen LogP contribution is -2.36. The number of hydrogen-bond donors (Lipinski definition) is 1. The van der Waals surface area contributed by atoms with Gasteiger partial charge in [0, 0.05) is 17.9 Å². The fourth-order valence-electron chi connectivity index (χ4n) is 1.59. The summed E-state index contributed by atoms with van der Waals surface area (Å²) in [4.78, 5) is 3.94. The molecular weight excluding hydrogens is 184 g/mol. The first-order valence-corrected chi connectivity index (χ1v) is 5.01. The molecular formula is C10H13ClN2. The Morgan fingerprint density at radius 3 is 2.92 bits per heavy atom. The van der Waals surface area contributed by atoms with Gasteiger partial charge < -0.3 is 5.32 Å². The van der Waals surface area contributed by atoms with Crippen molar-refractivity contribution in [2.45, 2.75) is 25.8 Å². The number of halogens is 1. The zero-order valence-corrected chi connectivity index (χ0v) is 8.38. The van der Waals surface area contributed by atoms with Crippen molar-refractivity contribution in [1.29, 1.82) is 0 Å². The second-order valence-corrected chi connectivity index (χ2v) is 4.06. The van der Waals surface area contributed by atoms with E-state index in [0.29, 0.717) is 11.2 Å². The molecule has 70 valence electrons. The Labute approximate surface area is 83.3 Å². The van der Waals surface area contributed by atoms with E-state index in [-0.39, 0.29) is 0 Å². The van der Waals surface area contributed by atoms with E-state index in [0.717, 1.165) is 11.6 Å². The monoisotopic (exact) mass is 196 g/mol. The predicted octanol–water partition coefficient (Wildman–Crippen LogP) is 2.95. The Morgan fingerprint density at radius 2 is 2.38 bits per heavy atom. The van der Waals surface area contributed by atoms with Crippen LogP contribution in [0.5, 0.6) is 0 Å². The first-order valence-electron chi connectivity index (χ1n) is 4.64. The van der Waals surface area contributed by atoms with Crippen LogP contribution in [-0.2, 0) is 0 Å². The molecule has 0 aromatic carbocycles. The second-order valence-electron chi connectivity index (χ2n) is 3.67. The molecule has 0 saturated heterocycles. The second kappa shape index (κ2) is 3.54. The number of anilines is 1. The van der Waals surface area contributed by atoms with Crippen LogP contribution in [0.3, 0.4) is 0 Å². The van der Waals surface area contributed by atoms with Gasteiger partial charge in [-0.15, -0.1) is 0 Å². The maximum atomic E-state index is 5.77. The highest BCUT2D eigenvalue weighted by Crippen LogP contribution is 2.29. The van der Waals surface area contributed by atoms with E-state index in [1.54, 1.807) is 6.20 Å². The van der Waals surface area contributed by atoms with Crippen LogP contribution in [0, 0.1) is 5.92 Å². The summed E-state index contributed by atoms with van der Waals surface area (Å²) in [5, 5.41) is 4.00. The highest BCUT2D eigenvalue weighted by atomic mass is 35.5. The molecule has 1 aliphatic rings. The molecule has 0 amide bonds. The highest BCUT2D eigenvalue weighted by Gasteiger charge is 2.26. The highest BCUT2D eigenvalue weighted by molar-refractivity contribution is 6.29. The molecule has 0 radical (unpaired) electrons. The van der Waals surface area contributed by atoms with E-state index in [9.17, 15) is 0 Å². The van der Waals surface area contributed by atoms with E-state index in [2.05, 4.69) is 17.2 Å². The van der Waals surface area contributed by atoms with Gasteiger partial charge in [0.2, 0.25) is 0 Å². The number of aromatic nitrogens is 1. The molecule has 1 aromatic heterocycles. The number of nitrogens with zero attached hydrogens (tertiary/aromatic N) is 1. The molecule has 1 fully saturated rings. The summed E-state index contributed by atoms with van der Waals surface area (Å²) in [6.45, 7) is 2.27. The summed E-state index contributed by atoms with van der Waals surface area (Å²) in [7, 11) is 0. The molecule has 1 saturated carbocycles. The van der Waals surface area contributed by atoms with Gasteiger partial charge in [0.05, 0.1) is 0 Å². The van der Waals surface area contributed by atoms with Gasteiger partial charge in [0.15, 0.2) is 0 Å². The minimum Gasteiger partial charge on any atom is -0.382 e. The van der Waals surface area contributed by atoms with Gasteiger partial charge in [0.1, 0.15) is 5.15 Å². The van der Waals surface area contributed by atoms with Crippen LogP contribution in [0.4, 0.5) is 5.69 Å². The first-order chi connectivity index (χ1) is 6.25. The van der Waals surface area contributed by atoms with Gasteiger partial charge in [-0.1, -0.05) is 18.5 Å². The van der Waals surface area contributed by atoms with Crippen LogP contribution < -0.4 is 5.32 Å². The van der Waals surface area contributed by atoms with Gasteiger partial charge in [-0.3, -0.25) is 0 Å². The Kier molecular flexibility index (Phi) is 2.40. The van der Waals surface area contributed by atoms with Gasteiger partial charge in [-0.2, -0.15) is 0 Å². The third-order valence-corrected chi connectivity index (χ3v) is 2.91. The van der Waals surface area contributed by atoms with E-state index < -0.39 is 0 Å². The van der Waals surface area contributed by atoms with Gasteiger partial charge in [0.25, 0.3) is 0 Å². The van der Waals surface area contributed by atoms with Crippen molar-refractivity contribution in [3.8, 4) is 0 Å². The minimum absolute atomic E-state index is 0.553. The summed E-state index contributed by atoms with van der Waals surface area (Å²) in [6.07, 6.45) is 4.32. The van der Waals surface area contributed by atoms with Crippen molar-refractivity contribution < 1.29 is 0 Å². The maximum Gasteiger partial charge on any atom is 0.131 e. The van der Waals surface area contributed by atoms with Crippen LogP contribution in [0.1, 0.15) is 19.8 Å². The van der Waals surface area contributed by atoms with Crippen molar-refractivity contribution >= 4 is 17.3 Å². The van der Waals surface area contributed by atoms with E-state index in [1.807, 2.05) is 12.1 Å². The normalized spacial score (nSPS) is 26.6. The molecule has 0 aliphatic heterocycles. The summed E-state index contributed by atoms with van der Waals surface area (Å²) in [6, 6.07) is 4.45. The number of pyridine rings is 1. The molecule has 3 heteroatoms. The molecule has 0 spiro atoms. The average Bonchev–Trinajstić information content (AvgIpc) is 2.12. The summed E-state index contributed by atoms with van der Waals surface area (Å²) in [5.74, 6) is 0.784. The molecule has 1 heterocycles. The fourth-order valence-corrected chi connectivity index (χ4v) is 1.76. The number of hydrogen-bond acceptors (Lipinski definition) is 2. The number of nitrogens with one attached hydrogen (secondary N) is 1. The third kappa shape index (κ3) is 1.94. The molecule has 2 rings (SSSR count). The molecule has 1 aromatic rings. The van der Waals surface area contributed by atoms with Crippen molar-refractivity contribution in [3.05, 3.63) is 23.5 Å². The Bertz CT molecular complexity index is 301. The van der Waals surface area contributed by atoms with E-state index in [1.165, 1.54) is 12.8 Å². The molecule has 13 heavy (non-hydrogen) atoms. The quantitative estimate of drug-likeness (QED) is 0.736. The molecule has 2 nitrogen and oxygen atoms in total. The van der Waals surface area contributed by atoms with Crippen molar-refractivity contribution in [3.63, 3.8) is 0 Å². The summed E-state index contributed by atoms with van der Waals surface area (Å²) >= 11 is 5.77. The van der Waals surface area contributed by atoms with Crippen LogP contribution in [-0.4, -0.2) is 11.0 Å². The Balaban J connectivity index is 2.01. The first kappa shape index (κ1) is 8.82. The van der Waals surface area contributed by atoms with Gasteiger partial charge in [-0.25, -0.2) is 4.98 Å². The number of rotatable bonds is 2. The van der Waals surface area contributed by atoms with Crippen molar-refractivity contribution in [1.82, 2.24) is 4.98 Å². The summed E-state index contributed by atoms with van der Waals surface area (Å²) in [5.41, 5.74) is 1.08. The lowest BCUT2D eigenvalue weighted by atomic mass is 9.81. The van der Waals surface area contributed by atoms with E-state index in [4.69, 9.17) is 11.6 Å². The predicted molar refractivity (Wildman–Crippen MR) is 55.1 cm³/mol. The topological polar surface area (TPSA) is 24.9 Å². The SMILES string of the molecule is CC1CCC1Nc1ccnc(Cl)c1. The minimum atomic E-state index is 0.553. The van der Waals surface area contributed by atoms with Crippen molar-refractivity contribution in [2.24, 2.45) is 5.92 Å². The fraction of sp³-hybridized carbons (Fsp3) is 0.500. The van der Waals surface area contributed by atoms with Gasteiger partial charge in [-0.05, 0) is 30.9 Å². The van der Waals surface area contributed by atoms with Crippen LogP contribution in [0.25, 0.3) is 0 Å². The lowest BCUT2D eigenvalue weighted by Gasteiger charge is -2.35. The standard InChI is InChI=1S/C10H13ClN2/c1-7-2-3-9(7)13-8-4-5-12-10(11)6-8/h4-7,9H,2-3H2,1H3,(H,12,13). The summed E-state index contributed by atoms with van der Waals surface area (Å²) < 4.78 is 0. The average molecular weight is 197 g/mol. The smallest absolute Gasteiger partial charge is 0.131 e. The molecule has 0 bridgehead atoms. The van der Waals surface area contributed by atoms with E-state index >= 15 is 0 Å². The zero-order valence-electron chi connectivity index (χ0n) is 7.63. The van der Waals surface area contributed by atoms with Gasteiger partial charge >= 0.3 is 0 Å². The Hall–Kier alpha value is -0.760. The Morgan fingerprint density at radius 1 is 1.54 bits per heavy atom.